The van der Waals surface area contributed by atoms with Crippen LogP contribution in [0.25, 0.3) is 10.2 Å². The number of pyridine rings is 1. The molecule has 0 aliphatic heterocycles. The van der Waals surface area contributed by atoms with E-state index in [-0.39, 0.29) is 5.91 Å². The number of anilines is 1. The molecule has 0 radical (unpaired) electrons. The Balaban J connectivity index is 2.39. The Morgan fingerprint density at radius 1 is 1.61 bits per heavy atom. The van der Waals surface area contributed by atoms with Gasteiger partial charge in [-0.3, -0.25) is 9.78 Å². The van der Waals surface area contributed by atoms with Gasteiger partial charge in [-0.2, -0.15) is 0 Å². The molecule has 4 nitrogen and oxygen atoms in total. The van der Waals surface area contributed by atoms with Gasteiger partial charge in [-0.1, -0.05) is 12.2 Å². The number of aromatic nitrogens is 1. The quantitative estimate of drug-likeness (QED) is 0.864. The van der Waals surface area contributed by atoms with Gasteiger partial charge in [0.15, 0.2) is 0 Å². The molecule has 0 aromatic carbocycles. The SMILES string of the molecule is C=C(C)CN(C)C(=O)c1sc2cccnc2c1N. The molecule has 0 fully saturated rings. The van der Waals surface area contributed by atoms with E-state index in [0.29, 0.717) is 22.6 Å². The third kappa shape index (κ3) is 2.22. The lowest BCUT2D eigenvalue weighted by Gasteiger charge is -2.16. The summed E-state index contributed by atoms with van der Waals surface area (Å²) >= 11 is 1.38. The van der Waals surface area contributed by atoms with Gasteiger partial charge in [0.1, 0.15) is 10.4 Å². The summed E-state index contributed by atoms with van der Waals surface area (Å²) in [6.07, 6.45) is 1.68. The van der Waals surface area contributed by atoms with Crippen molar-refractivity contribution in [1.29, 1.82) is 0 Å². The number of amides is 1. The lowest BCUT2D eigenvalue weighted by molar-refractivity contribution is 0.0812. The van der Waals surface area contributed by atoms with Gasteiger partial charge in [0, 0.05) is 19.8 Å². The zero-order valence-electron chi connectivity index (χ0n) is 10.4. The van der Waals surface area contributed by atoms with Crippen molar-refractivity contribution in [2.75, 3.05) is 19.3 Å². The van der Waals surface area contributed by atoms with E-state index in [1.165, 1.54) is 11.3 Å². The van der Waals surface area contributed by atoms with Crippen LogP contribution in [0.4, 0.5) is 5.69 Å². The van der Waals surface area contributed by atoms with Crippen LogP contribution in [0.2, 0.25) is 0 Å². The molecule has 2 aromatic rings. The summed E-state index contributed by atoms with van der Waals surface area (Å²) in [7, 11) is 1.74. The molecule has 2 N–H and O–H groups in total. The standard InChI is InChI=1S/C13H15N3OS/c1-8(2)7-16(3)13(17)12-10(14)11-9(18-12)5-4-6-15-11/h4-6H,1,7,14H2,2-3H3. The van der Waals surface area contributed by atoms with E-state index in [0.717, 1.165) is 10.3 Å². The molecule has 0 aliphatic carbocycles. The molecule has 0 bridgehead atoms. The van der Waals surface area contributed by atoms with Crippen molar-refractivity contribution in [1.82, 2.24) is 9.88 Å². The zero-order chi connectivity index (χ0) is 13.3. The number of carbonyl (C=O) groups is 1. The van der Waals surface area contributed by atoms with Crippen LogP contribution in [0, 0.1) is 0 Å². The van der Waals surface area contributed by atoms with Gasteiger partial charge >= 0.3 is 0 Å². The van der Waals surface area contributed by atoms with Crippen LogP contribution >= 0.6 is 11.3 Å². The smallest absolute Gasteiger partial charge is 0.266 e. The first kappa shape index (κ1) is 12.6. The summed E-state index contributed by atoms with van der Waals surface area (Å²) in [6.45, 7) is 6.22. The molecule has 2 rings (SSSR count). The largest absolute Gasteiger partial charge is 0.396 e. The van der Waals surface area contributed by atoms with Crippen molar-refractivity contribution in [2.24, 2.45) is 0 Å². The van der Waals surface area contributed by atoms with E-state index in [9.17, 15) is 4.79 Å². The number of hydrogen-bond donors (Lipinski definition) is 1. The van der Waals surface area contributed by atoms with Crippen molar-refractivity contribution in [3.63, 3.8) is 0 Å². The van der Waals surface area contributed by atoms with Crippen LogP contribution in [0.15, 0.2) is 30.5 Å². The second kappa shape index (κ2) is 4.78. The van der Waals surface area contributed by atoms with Crippen LogP contribution in [0.3, 0.4) is 0 Å². The number of rotatable bonds is 3. The second-order valence-electron chi connectivity index (χ2n) is 4.31. The molecular weight excluding hydrogens is 246 g/mol. The number of nitrogens with two attached hydrogens (primary N) is 1. The van der Waals surface area contributed by atoms with Gasteiger partial charge < -0.3 is 10.6 Å². The first-order valence-corrected chi connectivity index (χ1v) is 6.35. The molecule has 5 heteroatoms. The molecule has 94 valence electrons. The maximum Gasteiger partial charge on any atom is 0.266 e. The van der Waals surface area contributed by atoms with Crippen LogP contribution in [0.1, 0.15) is 16.6 Å². The average Bonchev–Trinajstić information content (AvgIpc) is 2.66. The molecule has 0 aliphatic rings. The molecule has 2 aromatic heterocycles. The lowest BCUT2D eigenvalue weighted by Crippen LogP contribution is -2.27. The summed E-state index contributed by atoms with van der Waals surface area (Å²) in [5, 5.41) is 0. The minimum Gasteiger partial charge on any atom is -0.396 e. The molecule has 18 heavy (non-hydrogen) atoms. The van der Waals surface area contributed by atoms with Gasteiger partial charge in [0.05, 0.1) is 10.4 Å². The summed E-state index contributed by atoms with van der Waals surface area (Å²) in [5.41, 5.74) is 8.09. The van der Waals surface area contributed by atoms with Crippen molar-refractivity contribution in [2.45, 2.75) is 6.92 Å². The van der Waals surface area contributed by atoms with Crippen molar-refractivity contribution in [3.05, 3.63) is 35.4 Å². The molecule has 0 saturated heterocycles. The summed E-state index contributed by atoms with van der Waals surface area (Å²) in [5.74, 6) is -0.0847. The Kier molecular flexibility index (Phi) is 3.34. The first-order valence-electron chi connectivity index (χ1n) is 5.53. The van der Waals surface area contributed by atoms with Crippen LogP contribution in [0.5, 0.6) is 0 Å². The van der Waals surface area contributed by atoms with Crippen molar-refractivity contribution in [3.8, 4) is 0 Å². The highest BCUT2D eigenvalue weighted by Gasteiger charge is 2.20. The summed E-state index contributed by atoms with van der Waals surface area (Å²) in [4.78, 5) is 18.6. The number of fused-ring (bicyclic) bond motifs is 1. The fourth-order valence-electron chi connectivity index (χ4n) is 1.76. The Labute approximate surface area is 110 Å². The highest BCUT2D eigenvalue weighted by Crippen LogP contribution is 2.32. The van der Waals surface area contributed by atoms with E-state index < -0.39 is 0 Å². The minimum atomic E-state index is -0.0847. The number of likely N-dealkylation sites (N-methyl/N-ethyl adjacent to an activating group) is 1. The molecule has 2 heterocycles. The highest BCUT2D eigenvalue weighted by molar-refractivity contribution is 7.21. The second-order valence-corrected chi connectivity index (χ2v) is 5.37. The minimum absolute atomic E-state index is 0.0847. The predicted molar refractivity (Wildman–Crippen MR) is 75.8 cm³/mol. The Bertz CT molecular complexity index is 618. The number of thiophene rings is 1. The Hall–Kier alpha value is -1.88. The van der Waals surface area contributed by atoms with Gasteiger partial charge in [-0.05, 0) is 19.1 Å². The summed E-state index contributed by atoms with van der Waals surface area (Å²) in [6, 6.07) is 3.75. The lowest BCUT2D eigenvalue weighted by atomic mass is 10.3. The van der Waals surface area contributed by atoms with E-state index in [4.69, 9.17) is 5.73 Å². The van der Waals surface area contributed by atoms with E-state index >= 15 is 0 Å². The maximum atomic E-state index is 12.3. The third-order valence-electron chi connectivity index (χ3n) is 2.53. The van der Waals surface area contributed by atoms with Gasteiger partial charge in [-0.15, -0.1) is 11.3 Å². The molecule has 0 saturated carbocycles. The number of nitrogen functional groups attached to an aromatic ring is 1. The number of hydrogen-bond acceptors (Lipinski definition) is 4. The number of carbonyl (C=O) groups excluding carboxylic acids is 1. The maximum absolute atomic E-state index is 12.3. The van der Waals surface area contributed by atoms with Crippen LogP contribution in [-0.2, 0) is 0 Å². The van der Waals surface area contributed by atoms with E-state index in [2.05, 4.69) is 11.6 Å². The molecule has 0 unspecified atom stereocenters. The van der Waals surface area contributed by atoms with Gasteiger partial charge in [0.25, 0.3) is 5.91 Å². The Morgan fingerprint density at radius 3 is 2.94 bits per heavy atom. The monoisotopic (exact) mass is 261 g/mol. The topological polar surface area (TPSA) is 59.2 Å². The normalized spacial score (nSPS) is 10.6. The number of nitrogens with zero attached hydrogens (tertiary/aromatic N) is 2. The van der Waals surface area contributed by atoms with Gasteiger partial charge in [0.2, 0.25) is 0 Å². The van der Waals surface area contributed by atoms with Crippen LogP contribution < -0.4 is 5.73 Å². The van der Waals surface area contributed by atoms with E-state index in [1.54, 1.807) is 18.1 Å². The van der Waals surface area contributed by atoms with Crippen LogP contribution in [-0.4, -0.2) is 29.4 Å². The van der Waals surface area contributed by atoms with E-state index in [1.807, 2.05) is 19.1 Å². The fraction of sp³-hybridized carbons (Fsp3) is 0.231. The Morgan fingerprint density at radius 2 is 2.33 bits per heavy atom. The van der Waals surface area contributed by atoms with Crippen molar-refractivity contribution >= 4 is 33.1 Å². The molecule has 1 amide bonds. The first-order chi connectivity index (χ1) is 8.50. The molecular formula is C13H15N3OS. The fourth-order valence-corrected chi connectivity index (χ4v) is 2.83. The average molecular weight is 261 g/mol. The summed E-state index contributed by atoms with van der Waals surface area (Å²) < 4.78 is 0.932. The highest BCUT2D eigenvalue weighted by atomic mass is 32.1. The molecule has 0 spiro atoms. The van der Waals surface area contributed by atoms with Crippen molar-refractivity contribution < 1.29 is 4.79 Å². The zero-order valence-corrected chi connectivity index (χ0v) is 11.3. The van der Waals surface area contributed by atoms with Gasteiger partial charge in [-0.25, -0.2) is 0 Å². The molecule has 0 atom stereocenters. The predicted octanol–water partition coefficient (Wildman–Crippen LogP) is 2.53. The third-order valence-corrected chi connectivity index (χ3v) is 3.68.